The molecule has 2 aliphatic rings. The summed E-state index contributed by atoms with van der Waals surface area (Å²) in [4.78, 5) is 13.5. The van der Waals surface area contributed by atoms with Gasteiger partial charge < -0.3 is 10.0 Å². The van der Waals surface area contributed by atoms with E-state index >= 15 is 0 Å². The van der Waals surface area contributed by atoms with Gasteiger partial charge in [0, 0.05) is 13.0 Å². The second-order valence-corrected chi connectivity index (χ2v) is 8.00. The van der Waals surface area contributed by atoms with Gasteiger partial charge in [-0.15, -0.1) is 0 Å². The first-order valence-corrected chi connectivity index (χ1v) is 10.1. The zero-order chi connectivity index (χ0) is 18.4. The molecule has 0 saturated carbocycles. The number of nitrogens with zero attached hydrogens (tertiary/aromatic N) is 1. The fourth-order valence-corrected chi connectivity index (χ4v) is 3.37. The molecule has 1 fully saturated rings. The second-order valence-electron chi connectivity index (χ2n) is 6.35. The van der Waals surface area contributed by atoms with Gasteiger partial charge in [-0.1, -0.05) is 18.2 Å². The first-order chi connectivity index (χ1) is 11.7. The molecular formula is C17H24FNO5S. The van der Waals surface area contributed by atoms with E-state index in [-0.39, 0.29) is 36.8 Å². The number of aliphatic hydroxyl groups excluding tert-OH is 1. The molecule has 140 valence electrons. The Morgan fingerprint density at radius 1 is 1.52 bits per heavy atom. The Labute approximate surface area is 147 Å². The lowest BCUT2D eigenvalue weighted by atomic mass is 9.94. The van der Waals surface area contributed by atoms with Crippen LogP contribution in [0.5, 0.6) is 0 Å². The van der Waals surface area contributed by atoms with Crippen LogP contribution in [0, 0.1) is 5.92 Å². The minimum atomic E-state index is -3.53. The van der Waals surface area contributed by atoms with Crippen molar-refractivity contribution in [3.63, 3.8) is 0 Å². The van der Waals surface area contributed by atoms with Gasteiger partial charge in [-0.2, -0.15) is 8.42 Å². The molecule has 8 heteroatoms. The Balaban J connectivity index is 1.83. The molecule has 1 amide bonds. The Morgan fingerprint density at radius 3 is 2.92 bits per heavy atom. The van der Waals surface area contributed by atoms with Gasteiger partial charge in [-0.25, -0.2) is 4.39 Å². The van der Waals surface area contributed by atoms with Crippen molar-refractivity contribution >= 4 is 16.0 Å². The summed E-state index contributed by atoms with van der Waals surface area (Å²) in [5.74, 6) is -0.224. The van der Waals surface area contributed by atoms with Crippen LogP contribution in [0.25, 0.3) is 0 Å². The van der Waals surface area contributed by atoms with Crippen molar-refractivity contribution in [1.82, 2.24) is 4.90 Å². The Morgan fingerprint density at radius 2 is 2.28 bits per heavy atom. The van der Waals surface area contributed by atoms with Gasteiger partial charge in [0.25, 0.3) is 10.1 Å². The molecule has 0 aromatic heterocycles. The predicted molar refractivity (Wildman–Crippen MR) is 91.7 cm³/mol. The number of allylic oxidation sites excluding steroid dienone is 4. The fourth-order valence-electron chi connectivity index (χ4n) is 2.99. The number of aliphatic hydroxyl groups is 1. The number of rotatable bonds is 8. The van der Waals surface area contributed by atoms with E-state index in [0.717, 1.165) is 6.26 Å². The molecule has 1 aliphatic heterocycles. The standard InChI is InChI=1S/C17H24FNO5S/c1-25(22,23)24-11-10-19-15(7-9-17(19)21)6-8-16(20)12-13-2-4-14(18)5-3-13/h2,4-6,8,13,15-16,20H,3,7,9-12H2,1H3/b8-6+/t13?,15?,16-/m1/s1. The van der Waals surface area contributed by atoms with Crippen molar-refractivity contribution < 1.29 is 26.9 Å². The number of carbonyl (C=O) groups excluding carboxylic acids is 1. The summed E-state index contributed by atoms with van der Waals surface area (Å²) in [5.41, 5.74) is 0. The van der Waals surface area contributed by atoms with Crippen molar-refractivity contribution in [3.8, 4) is 0 Å². The Kier molecular flexibility index (Phi) is 6.92. The summed E-state index contributed by atoms with van der Waals surface area (Å²) in [5, 5.41) is 10.1. The summed E-state index contributed by atoms with van der Waals surface area (Å²) in [6.07, 6.45) is 10.4. The Bertz CT molecular complexity index is 671. The maximum absolute atomic E-state index is 12.9. The van der Waals surface area contributed by atoms with E-state index in [9.17, 15) is 22.7 Å². The van der Waals surface area contributed by atoms with Crippen LogP contribution in [0.4, 0.5) is 4.39 Å². The van der Waals surface area contributed by atoms with Gasteiger partial charge in [0.15, 0.2) is 0 Å². The highest BCUT2D eigenvalue weighted by atomic mass is 32.2. The van der Waals surface area contributed by atoms with Crippen molar-refractivity contribution in [3.05, 3.63) is 36.2 Å². The van der Waals surface area contributed by atoms with E-state index in [0.29, 0.717) is 25.7 Å². The molecule has 1 saturated heterocycles. The SMILES string of the molecule is CS(=O)(=O)OCCN1C(=O)CCC1/C=C/[C@@H](O)CC1C=CC(F)=CC1. The highest BCUT2D eigenvalue weighted by Gasteiger charge is 2.29. The second kappa shape index (κ2) is 8.73. The van der Waals surface area contributed by atoms with E-state index in [2.05, 4.69) is 4.18 Å². The van der Waals surface area contributed by atoms with Crippen LogP contribution in [0.2, 0.25) is 0 Å². The van der Waals surface area contributed by atoms with Gasteiger partial charge in [0.05, 0.1) is 25.0 Å². The smallest absolute Gasteiger partial charge is 0.264 e. The lowest BCUT2D eigenvalue weighted by Gasteiger charge is -2.22. The number of hydrogen-bond donors (Lipinski definition) is 1. The molecule has 2 rings (SSSR count). The van der Waals surface area contributed by atoms with Gasteiger partial charge in [-0.05, 0) is 37.3 Å². The topological polar surface area (TPSA) is 83.9 Å². The zero-order valence-electron chi connectivity index (χ0n) is 14.2. The molecule has 6 nitrogen and oxygen atoms in total. The van der Waals surface area contributed by atoms with Crippen molar-refractivity contribution in [2.75, 3.05) is 19.4 Å². The summed E-state index contributed by atoms with van der Waals surface area (Å²) in [6.45, 7) is 0.106. The number of carbonyl (C=O) groups is 1. The van der Waals surface area contributed by atoms with Crippen LogP contribution in [0.1, 0.15) is 25.7 Å². The molecule has 0 spiro atoms. The monoisotopic (exact) mass is 373 g/mol. The molecule has 1 heterocycles. The van der Waals surface area contributed by atoms with Crippen LogP contribution in [0.15, 0.2) is 36.2 Å². The van der Waals surface area contributed by atoms with Crippen LogP contribution in [-0.2, 0) is 19.1 Å². The van der Waals surface area contributed by atoms with Crippen molar-refractivity contribution in [2.45, 2.75) is 37.8 Å². The van der Waals surface area contributed by atoms with E-state index in [1.54, 1.807) is 23.1 Å². The maximum atomic E-state index is 12.9. The third kappa shape index (κ3) is 6.72. The Hall–Kier alpha value is -1.51. The van der Waals surface area contributed by atoms with Gasteiger partial charge in [0.1, 0.15) is 5.83 Å². The van der Waals surface area contributed by atoms with Crippen LogP contribution in [0.3, 0.4) is 0 Å². The van der Waals surface area contributed by atoms with E-state index in [1.807, 2.05) is 0 Å². The molecule has 0 aromatic carbocycles. The summed E-state index contributed by atoms with van der Waals surface area (Å²) in [6, 6.07) is -0.176. The average molecular weight is 373 g/mol. The normalized spacial score (nSPS) is 25.6. The molecule has 0 aromatic rings. The van der Waals surface area contributed by atoms with E-state index in [1.165, 1.54) is 12.2 Å². The van der Waals surface area contributed by atoms with Crippen LogP contribution >= 0.6 is 0 Å². The lowest BCUT2D eigenvalue weighted by molar-refractivity contribution is -0.128. The molecule has 25 heavy (non-hydrogen) atoms. The molecule has 0 radical (unpaired) electrons. The third-order valence-electron chi connectivity index (χ3n) is 4.25. The maximum Gasteiger partial charge on any atom is 0.264 e. The minimum absolute atomic E-state index is 0.0583. The third-order valence-corrected chi connectivity index (χ3v) is 4.84. The quantitative estimate of drug-likeness (QED) is 0.517. The average Bonchev–Trinajstić information content (AvgIpc) is 2.87. The van der Waals surface area contributed by atoms with E-state index in [4.69, 9.17) is 0 Å². The molecule has 1 aliphatic carbocycles. The first-order valence-electron chi connectivity index (χ1n) is 8.29. The highest BCUT2D eigenvalue weighted by molar-refractivity contribution is 7.85. The molecule has 0 bridgehead atoms. The number of hydrogen-bond acceptors (Lipinski definition) is 5. The van der Waals surface area contributed by atoms with Gasteiger partial charge >= 0.3 is 0 Å². The fraction of sp³-hybridized carbons (Fsp3) is 0.588. The number of amides is 1. The molecule has 1 N–H and O–H groups in total. The number of likely N-dealkylation sites (tertiary alicyclic amines) is 1. The predicted octanol–water partition coefficient (Wildman–Crippen LogP) is 1.69. The van der Waals surface area contributed by atoms with Crippen molar-refractivity contribution in [2.24, 2.45) is 5.92 Å². The van der Waals surface area contributed by atoms with Gasteiger partial charge in [0.2, 0.25) is 5.91 Å². The van der Waals surface area contributed by atoms with E-state index < -0.39 is 16.2 Å². The highest BCUT2D eigenvalue weighted by Crippen LogP contribution is 2.23. The summed E-state index contributed by atoms with van der Waals surface area (Å²) >= 11 is 0. The summed E-state index contributed by atoms with van der Waals surface area (Å²) in [7, 11) is -3.53. The zero-order valence-corrected chi connectivity index (χ0v) is 15.0. The summed E-state index contributed by atoms with van der Waals surface area (Å²) < 4.78 is 39.6. The van der Waals surface area contributed by atoms with Crippen LogP contribution < -0.4 is 0 Å². The largest absolute Gasteiger partial charge is 0.389 e. The molecule has 2 unspecified atom stereocenters. The first kappa shape index (κ1) is 19.8. The van der Waals surface area contributed by atoms with Crippen LogP contribution in [-0.4, -0.2) is 55.9 Å². The van der Waals surface area contributed by atoms with Crippen molar-refractivity contribution in [1.29, 1.82) is 0 Å². The number of halogens is 1. The van der Waals surface area contributed by atoms with Gasteiger partial charge in [-0.3, -0.25) is 8.98 Å². The molecular weight excluding hydrogens is 349 g/mol. The molecule has 3 atom stereocenters. The minimum Gasteiger partial charge on any atom is -0.389 e. The lowest BCUT2D eigenvalue weighted by Crippen LogP contribution is -2.35.